The molecule has 2 aromatic heterocycles. The number of piperazine rings is 1. The summed E-state index contributed by atoms with van der Waals surface area (Å²) in [6.45, 7) is 10.9. The van der Waals surface area contributed by atoms with Crippen molar-refractivity contribution in [3.8, 4) is 0 Å². The number of carbonyl (C=O) groups is 1. The Morgan fingerprint density at radius 3 is 2.14 bits per heavy atom. The molecule has 0 aromatic carbocycles. The number of aromatic nitrogens is 4. The van der Waals surface area contributed by atoms with Crippen LogP contribution in [-0.4, -0.2) is 51.9 Å². The average Bonchev–Trinajstić information content (AvgIpc) is 2.67. The first kappa shape index (κ1) is 19.7. The summed E-state index contributed by atoms with van der Waals surface area (Å²) >= 11 is 0. The van der Waals surface area contributed by atoms with Crippen molar-refractivity contribution in [2.75, 3.05) is 36.0 Å². The normalized spacial score (nSPS) is 15.6. The molecule has 3 rings (SSSR count). The highest BCUT2D eigenvalue weighted by Crippen LogP contribution is 2.26. The molecule has 0 spiro atoms. The summed E-state index contributed by atoms with van der Waals surface area (Å²) in [5.41, 5.74) is 7.07. The molecule has 1 aliphatic rings. The molecule has 0 radical (unpaired) electrons. The molecule has 1 saturated heterocycles. The summed E-state index contributed by atoms with van der Waals surface area (Å²) in [7, 11) is 0. The number of anilines is 2. The maximum absolute atomic E-state index is 12.5. The Bertz CT molecular complexity index is 862. The molecule has 3 heterocycles. The van der Waals surface area contributed by atoms with Crippen LogP contribution in [0.4, 0.5) is 11.9 Å². The average molecular weight is 381 g/mol. The van der Waals surface area contributed by atoms with E-state index in [2.05, 4.69) is 24.8 Å². The summed E-state index contributed by atoms with van der Waals surface area (Å²) in [4.78, 5) is 34.7. The largest absolute Gasteiger partial charge is 0.402 e. The predicted octanol–water partition coefficient (Wildman–Crippen LogP) is 1.94. The molecule has 0 unspecified atom stereocenters. The van der Waals surface area contributed by atoms with Crippen LogP contribution in [-0.2, 0) is 5.41 Å². The van der Waals surface area contributed by atoms with Gasteiger partial charge in [-0.25, -0.2) is 19.9 Å². The number of allylic oxidation sites excluding steroid dienone is 2. The van der Waals surface area contributed by atoms with Gasteiger partial charge in [0.2, 0.25) is 11.9 Å². The third kappa shape index (κ3) is 4.44. The smallest absolute Gasteiger partial charge is 0.225 e. The van der Waals surface area contributed by atoms with Gasteiger partial charge in [0.1, 0.15) is 0 Å². The highest BCUT2D eigenvalue weighted by molar-refractivity contribution is 6.05. The monoisotopic (exact) mass is 381 g/mol. The van der Waals surface area contributed by atoms with Gasteiger partial charge in [0.05, 0.1) is 11.3 Å². The van der Waals surface area contributed by atoms with Crippen LogP contribution >= 0.6 is 0 Å². The fraction of sp³-hybridized carbons (Fsp3) is 0.450. The van der Waals surface area contributed by atoms with Gasteiger partial charge in [0, 0.05) is 62.0 Å². The lowest BCUT2D eigenvalue weighted by Crippen LogP contribution is -2.47. The zero-order valence-corrected chi connectivity index (χ0v) is 16.9. The minimum absolute atomic E-state index is 0.164. The molecule has 0 amide bonds. The molecule has 0 saturated carbocycles. The lowest BCUT2D eigenvalue weighted by molar-refractivity contribution is 0.104. The van der Waals surface area contributed by atoms with E-state index in [1.165, 1.54) is 6.08 Å². The molecule has 0 aliphatic carbocycles. The number of rotatable bonds is 4. The van der Waals surface area contributed by atoms with Crippen molar-refractivity contribution in [1.82, 2.24) is 19.9 Å². The lowest BCUT2D eigenvalue weighted by Gasteiger charge is -2.35. The molecule has 148 valence electrons. The van der Waals surface area contributed by atoms with Gasteiger partial charge in [0.15, 0.2) is 5.78 Å². The number of hydrogen-bond donors (Lipinski definition) is 1. The van der Waals surface area contributed by atoms with Crippen molar-refractivity contribution in [1.29, 1.82) is 0 Å². The van der Waals surface area contributed by atoms with E-state index in [9.17, 15) is 4.79 Å². The van der Waals surface area contributed by atoms with Crippen LogP contribution in [0.5, 0.6) is 0 Å². The summed E-state index contributed by atoms with van der Waals surface area (Å²) in [6, 6.07) is 1.81. The van der Waals surface area contributed by atoms with E-state index in [0.29, 0.717) is 17.2 Å². The molecular formula is C20H27N7O. The van der Waals surface area contributed by atoms with E-state index in [1.807, 2.05) is 26.8 Å². The Balaban J connectivity index is 1.82. The van der Waals surface area contributed by atoms with Crippen LogP contribution in [0.25, 0.3) is 0 Å². The Morgan fingerprint density at radius 1 is 1.04 bits per heavy atom. The van der Waals surface area contributed by atoms with Gasteiger partial charge in [-0.05, 0) is 13.0 Å². The second-order valence-corrected chi connectivity index (χ2v) is 7.96. The van der Waals surface area contributed by atoms with E-state index in [-0.39, 0.29) is 11.2 Å². The first-order valence-electron chi connectivity index (χ1n) is 9.38. The number of ketones is 1. The van der Waals surface area contributed by atoms with Crippen molar-refractivity contribution < 1.29 is 4.79 Å². The van der Waals surface area contributed by atoms with E-state index in [1.54, 1.807) is 25.5 Å². The molecule has 1 aliphatic heterocycles. The Labute approximate surface area is 165 Å². The van der Waals surface area contributed by atoms with Gasteiger partial charge in [-0.1, -0.05) is 20.8 Å². The van der Waals surface area contributed by atoms with E-state index in [4.69, 9.17) is 10.7 Å². The van der Waals surface area contributed by atoms with Crippen molar-refractivity contribution >= 4 is 17.7 Å². The van der Waals surface area contributed by atoms with Crippen LogP contribution in [0.15, 0.2) is 36.4 Å². The molecule has 0 bridgehead atoms. The van der Waals surface area contributed by atoms with Gasteiger partial charge in [-0.2, -0.15) is 0 Å². The second kappa shape index (κ2) is 7.92. The fourth-order valence-electron chi connectivity index (χ4n) is 3.12. The van der Waals surface area contributed by atoms with Crippen molar-refractivity contribution in [3.63, 3.8) is 0 Å². The van der Waals surface area contributed by atoms with Crippen LogP contribution in [0.2, 0.25) is 0 Å². The predicted molar refractivity (Wildman–Crippen MR) is 109 cm³/mol. The van der Waals surface area contributed by atoms with Gasteiger partial charge in [-0.15, -0.1) is 0 Å². The van der Waals surface area contributed by atoms with Crippen LogP contribution in [0, 0.1) is 0 Å². The van der Waals surface area contributed by atoms with Crippen molar-refractivity contribution in [2.24, 2.45) is 5.73 Å². The van der Waals surface area contributed by atoms with Crippen molar-refractivity contribution in [2.45, 2.75) is 33.1 Å². The minimum atomic E-state index is -0.293. The standard InChI is InChI=1S/C20H27N7O/c1-14(21)12-16(28)15-13-24-19(25-17(15)20(2,3)4)27-10-8-26(9-11-27)18-22-6-5-7-23-18/h5-7,12-13H,8-11,21H2,1-4H3. The quantitative estimate of drug-likeness (QED) is 0.633. The highest BCUT2D eigenvalue weighted by Gasteiger charge is 2.27. The molecular weight excluding hydrogens is 354 g/mol. The fourth-order valence-corrected chi connectivity index (χ4v) is 3.12. The maximum atomic E-state index is 12.5. The first-order valence-corrected chi connectivity index (χ1v) is 9.38. The minimum Gasteiger partial charge on any atom is -0.402 e. The molecule has 0 atom stereocenters. The van der Waals surface area contributed by atoms with Gasteiger partial charge >= 0.3 is 0 Å². The van der Waals surface area contributed by atoms with Crippen LogP contribution in [0.1, 0.15) is 43.7 Å². The summed E-state index contributed by atoms with van der Waals surface area (Å²) in [5, 5.41) is 0. The van der Waals surface area contributed by atoms with Gasteiger partial charge < -0.3 is 15.5 Å². The molecule has 28 heavy (non-hydrogen) atoms. The number of hydrogen-bond acceptors (Lipinski definition) is 8. The highest BCUT2D eigenvalue weighted by atomic mass is 16.1. The third-order valence-electron chi connectivity index (χ3n) is 4.51. The van der Waals surface area contributed by atoms with Gasteiger partial charge in [-0.3, -0.25) is 4.79 Å². The maximum Gasteiger partial charge on any atom is 0.225 e. The lowest BCUT2D eigenvalue weighted by atomic mass is 9.87. The van der Waals surface area contributed by atoms with E-state index in [0.717, 1.165) is 37.8 Å². The number of nitrogens with two attached hydrogens (primary N) is 1. The van der Waals surface area contributed by atoms with E-state index >= 15 is 0 Å². The number of carbonyl (C=O) groups excluding carboxylic acids is 1. The Morgan fingerprint density at radius 2 is 1.61 bits per heavy atom. The van der Waals surface area contributed by atoms with Crippen LogP contribution in [0.3, 0.4) is 0 Å². The third-order valence-corrected chi connectivity index (χ3v) is 4.51. The second-order valence-electron chi connectivity index (χ2n) is 7.96. The van der Waals surface area contributed by atoms with E-state index < -0.39 is 0 Å². The van der Waals surface area contributed by atoms with Crippen LogP contribution < -0.4 is 15.5 Å². The molecule has 2 aromatic rings. The SMILES string of the molecule is CC(N)=CC(=O)c1cnc(N2CCN(c3ncccn3)CC2)nc1C(C)(C)C. The van der Waals surface area contributed by atoms with Gasteiger partial charge in [0.25, 0.3) is 0 Å². The summed E-state index contributed by atoms with van der Waals surface area (Å²) in [6.07, 6.45) is 6.55. The first-order chi connectivity index (χ1) is 13.3. The topological polar surface area (TPSA) is 101 Å². The molecule has 8 heteroatoms. The molecule has 1 fully saturated rings. The molecule has 8 nitrogen and oxygen atoms in total. The summed E-state index contributed by atoms with van der Waals surface area (Å²) < 4.78 is 0. The van der Waals surface area contributed by atoms with Crippen molar-refractivity contribution in [3.05, 3.63) is 47.7 Å². The summed E-state index contributed by atoms with van der Waals surface area (Å²) in [5.74, 6) is 1.22. The number of nitrogens with zero attached hydrogens (tertiary/aromatic N) is 6. The zero-order chi connectivity index (χ0) is 20.3. The zero-order valence-electron chi connectivity index (χ0n) is 16.9. The Kier molecular flexibility index (Phi) is 5.58. The Hall–Kier alpha value is -3.03. The molecule has 2 N–H and O–H groups in total.